The largest absolute Gasteiger partial charge is 0.454 e. The van der Waals surface area contributed by atoms with Crippen molar-refractivity contribution in [3.05, 3.63) is 30.1 Å². The third-order valence-corrected chi connectivity index (χ3v) is 2.15. The zero-order valence-corrected chi connectivity index (χ0v) is 10.6. The van der Waals surface area contributed by atoms with Gasteiger partial charge in [0.1, 0.15) is 0 Å². The maximum atomic E-state index is 12.1. The van der Waals surface area contributed by atoms with Gasteiger partial charge in [-0.3, -0.25) is 4.98 Å². The summed E-state index contributed by atoms with van der Waals surface area (Å²) in [6.45, 7) is -1.22. The first-order chi connectivity index (χ1) is 9.92. The van der Waals surface area contributed by atoms with E-state index in [2.05, 4.69) is 30.0 Å². The van der Waals surface area contributed by atoms with Crippen LogP contribution in [0.15, 0.2) is 24.4 Å². The number of nitrogens with two attached hydrogens (primary N) is 1. The minimum Gasteiger partial charge on any atom is -0.454 e. The number of alkyl halides is 3. The molecule has 2 rings (SSSR count). The summed E-state index contributed by atoms with van der Waals surface area (Å²) < 4.78 is 40.6. The number of pyridine rings is 1. The number of nitrogens with one attached hydrogen (secondary N) is 1. The monoisotopic (exact) mass is 300 g/mol. The van der Waals surface area contributed by atoms with Gasteiger partial charge >= 0.3 is 12.2 Å². The number of aromatic nitrogens is 4. The zero-order chi connectivity index (χ0) is 15.3. The third kappa shape index (κ3) is 5.09. The molecule has 21 heavy (non-hydrogen) atoms. The molecule has 0 aliphatic heterocycles. The van der Waals surface area contributed by atoms with Crippen LogP contribution in [0.4, 0.5) is 25.1 Å². The van der Waals surface area contributed by atoms with E-state index in [-0.39, 0.29) is 18.4 Å². The van der Waals surface area contributed by atoms with Crippen molar-refractivity contribution in [3.8, 4) is 6.01 Å². The lowest BCUT2D eigenvalue weighted by molar-refractivity contribution is -0.154. The fraction of sp³-hybridized carbons (Fsp3) is 0.273. The Hall–Kier alpha value is -2.65. The molecule has 2 heterocycles. The van der Waals surface area contributed by atoms with Crippen molar-refractivity contribution in [2.24, 2.45) is 0 Å². The van der Waals surface area contributed by atoms with E-state index in [1.807, 2.05) is 0 Å². The summed E-state index contributed by atoms with van der Waals surface area (Å²) in [7, 11) is 0. The highest BCUT2D eigenvalue weighted by Crippen LogP contribution is 2.17. The molecule has 112 valence electrons. The summed E-state index contributed by atoms with van der Waals surface area (Å²) in [5.74, 6) is -0.240. The molecule has 2 aromatic rings. The number of rotatable bonds is 5. The van der Waals surface area contributed by atoms with Crippen molar-refractivity contribution >= 4 is 11.9 Å². The Labute approximate surface area is 117 Å². The highest BCUT2D eigenvalue weighted by molar-refractivity contribution is 5.33. The van der Waals surface area contributed by atoms with Gasteiger partial charge in [0, 0.05) is 6.20 Å². The van der Waals surface area contributed by atoms with Gasteiger partial charge in [-0.2, -0.15) is 28.1 Å². The average Bonchev–Trinajstić information content (AvgIpc) is 2.43. The zero-order valence-electron chi connectivity index (χ0n) is 10.6. The van der Waals surface area contributed by atoms with Crippen molar-refractivity contribution in [2.45, 2.75) is 12.7 Å². The minimum absolute atomic E-state index is 0.00493. The molecule has 10 heteroatoms. The summed E-state index contributed by atoms with van der Waals surface area (Å²) in [5.41, 5.74) is 6.09. The lowest BCUT2D eigenvalue weighted by atomic mass is 10.3. The number of nitrogen functional groups attached to an aromatic ring is 1. The molecular weight excluding hydrogens is 289 g/mol. The molecule has 0 aliphatic rings. The Bertz CT molecular complexity index is 592. The van der Waals surface area contributed by atoms with Crippen LogP contribution in [0.5, 0.6) is 6.01 Å². The first-order valence-corrected chi connectivity index (χ1v) is 5.77. The molecule has 7 nitrogen and oxygen atoms in total. The quantitative estimate of drug-likeness (QED) is 0.861. The second kappa shape index (κ2) is 6.20. The molecule has 0 fully saturated rings. The van der Waals surface area contributed by atoms with Gasteiger partial charge in [0.2, 0.25) is 11.9 Å². The number of ether oxygens (including phenoxy) is 1. The highest BCUT2D eigenvalue weighted by atomic mass is 19.4. The van der Waals surface area contributed by atoms with E-state index >= 15 is 0 Å². The maximum absolute atomic E-state index is 12.1. The lowest BCUT2D eigenvalue weighted by Crippen LogP contribution is -2.21. The number of anilines is 2. The van der Waals surface area contributed by atoms with Crippen LogP contribution in [-0.2, 0) is 6.54 Å². The fourth-order valence-electron chi connectivity index (χ4n) is 1.33. The van der Waals surface area contributed by atoms with Crippen LogP contribution in [-0.4, -0.2) is 32.7 Å². The van der Waals surface area contributed by atoms with Gasteiger partial charge in [-0.05, 0) is 12.1 Å². The van der Waals surface area contributed by atoms with Crippen molar-refractivity contribution in [1.29, 1.82) is 0 Å². The van der Waals surface area contributed by atoms with Gasteiger partial charge in [-0.15, -0.1) is 0 Å². The average molecular weight is 300 g/mol. The molecule has 3 N–H and O–H groups in total. The summed E-state index contributed by atoms with van der Waals surface area (Å²) in [5, 5.41) is 2.77. The molecule has 0 saturated carbocycles. The predicted molar refractivity (Wildman–Crippen MR) is 67.4 cm³/mol. The SMILES string of the molecule is Nc1nc(NCc2ccccn2)nc(OCC(F)(F)F)n1. The number of hydrogen-bond acceptors (Lipinski definition) is 7. The van der Waals surface area contributed by atoms with Crippen LogP contribution in [0.1, 0.15) is 5.69 Å². The van der Waals surface area contributed by atoms with Crippen LogP contribution >= 0.6 is 0 Å². The van der Waals surface area contributed by atoms with E-state index in [4.69, 9.17) is 5.73 Å². The Kier molecular flexibility index (Phi) is 4.36. The van der Waals surface area contributed by atoms with Crippen molar-refractivity contribution in [2.75, 3.05) is 17.7 Å². The van der Waals surface area contributed by atoms with E-state index in [1.165, 1.54) is 0 Å². The van der Waals surface area contributed by atoms with E-state index in [0.29, 0.717) is 5.69 Å². The van der Waals surface area contributed by atoms with Gasteiger partial charge in [0.25, 0.3) is 0 Å². The van der Waals surface area contributed by atoms with Gasteiger partial charge in [-0.1, -0.05) is 6.07 Å². The maximum Gasteiger partial charge on any atom is 0.422 e. The molecule has 2 aromatic heterocycles. The van der Waals surface area contributed by atoms with Crippen molar-refractivity contribution in [1.82, 2.24) is 19.9 Å². The molecule has 0 unspecified atom stereocenters. The molecule has 0 aliphatic carbocycles. The number of nitrogens with zero attached hydrogens (tertiary/aromatic N) is 4. The molecule has 0 spiro atoms. The molecular formula is C11H11F3N6O. The minimum atomic E-state index is -4.48. The predicted octanol–water partition coefficient (Wildman–Crippen LogP) is 1.40. The second-order valence-corrected chi connectivity index (χ2v) is 3.88. The lowest BCUT2D eigenvalue weighted by Gasteiger charge is -2.09. The normalized spacial score (nSPS) is 11.2. The van der Waals surface area contributed by atoms with Crippen molar-refractivity contribution < 1.29 is 17.9 Å². The standard InChI is InChI=1S/C11H11F3N6O/c12-11(13,14)6-21-10-19-8(15)18-9(20-10)17-5-7-3-1-2-4-16-7/h1-4H,5-6H2,(H3,15,17,18,19,20). The van der Waals surface area contributed by atoms with Gasteiger partial charge in [0.05, 0.1) is 12.2 Å². The summed E-state index contributed by atoms with van der Waals surface area (Å²) in [4.78, 5) is 15.0. The molecule has 0 aromatic carbocycles. The van der Waals surface area contributed by atoms with Crippen molar-refractivity contribution in [3.63, 3.8) is 0 Å². The first-order valence-electron chi connectivity index (χ1n) is 5.77. The second-order valence-electron chi connectivity index (χ2n) is 3.88. The molecule has 0 atom stereocenters. The van der Waals surface area contributed by atoms with Gasteiger partial charge in [-0.25, -0.2) is 0 Å². The van der Waals surface area contributed by atoms with E-state index in [0.717, 1.165) is 0 Å². The Morgan fingerprint density at radius 1 is 1.19 bits per heavy atom. The topological polar surface area (TPSA) is 98.8 Å². The van der Waals surface area contributed by atoms with E-state index in [1.54, 1.807) is 24.4 Å². The highest BCUT2D eigenvalue weighted by Gasteiger charge is 2.29. The Morgan fingerprint density at radius 3 is 2.67 bits per heavy atom. The van der Waals surface area contributed by atoms with Gasteiger partial charge in [0.15, 0.2) is 6.61 Å². The van der Waals surface area contributed by atoms with Crippen LogP contribution < -0.4 is 15.8 Å². The molecule has 0 amide bonds. The van der Waals surface area contributed by atoms with Crippen LogP contribution in [0.25, 0.3) is 0 Å². The summed E-state index contributed by atoms with van der Waals surface area (Å²) in [6, 6.07) is 4.82. The summed E-state index contributed by atoms with van der Waals surface area (Å²) in [6.07, 6.45) is -2.88. The Morgan fingerprint density at radius 2 is 2.00 bits per heavy atom. The van der Waals surface area contributed by atoms with Crippen LogP contribution in [0, 0.1) is 0 Å². The molecule has 0 saturated heterocycles. The van der Waals surface area contributed by atoms with Gasteiger partial charge < -0.3 is 15.8 Å². The summed E-state index contributed by atoms with van der Waals surface area (Å²) >= 11 is 0. The smallest absolute Gasteiger partial charge is 0.422 e. The van der Waals surface area contributed by atoms with E-state index < -0.39 is 18.8 Å². The molecule has 0 bridgehead atoms. The first kappa shape index (κ1) is 14.8. The van der Waals surface area contributed by atoms with Crippen LogP contribution in [0.3, 0.4) is 0 Å². The number of hydrogen-bond donors (Lipinski definition) is 2. The molecule has 0 radical (unpaired) electrons. The fourth-order valence-corrected chi connectivity index (χ4v) is 1.33. The third-order valence-electron chi connectivity index (χ3n) is 2.15. The number of halogens is 3. The van der Waals surface area contributed by atoms with E-state index in [9.17, 15) is 13.2 Å². The Balaban J connectivity index is 2.01. The van der Waals surface area contributed by atoms with Crippen LogP contribution in [0.2, 0.25) is 0 Å².